The van der Waals surface area contributed by atoms with E-state index in [-0.39, 0.29) is 12.1 Å². The highest BCUT2D eigenvalue weighted by Crippen LogP contribution is 2.34. The lowest BCUT2D eigenvalue weighted by Crippen LogP contribution is -2.16. The van der Waals surface area contributed by atoms with E-state index in [4.69, 9.17) is 11.6 Å². The SMILES string of the molecule is Cn1cnc(Nc2ncc(-c3ccc(CC(=O)Nc4cnc(Cl)c(C(F)(F)F)c4)cc3)cn2)c1. The number of aryl methyl sites for hydroxylation is 1. The molecular weight excluding hydrogens is 471 g/mol. The zero-order valence-electron chi connectivity index (χ0n) is 17.6. The van der Waals surface area contributed by atoms with E-state index in [2.05, 4.69) is 30.6 Å². The molecule has 0 saturated heterocycles. The second-order valence-electron chi connectivity index (χ2n) is 7.33. The zero-order chi connectivity index (χ0) is 24.3. The zero-order valence-corrected chi connectivity index (χ0v) is 18.4. The van der Waals surface area contributed by atoms with Gasteiger partial charge in [-0.1, -0.05) is 35.9 Å². The fourth-order valence-electron chi connectivity index (χ4n) is 3.05. The molecule has 3 aromatic heterocycles. The lowest BCUT2D eigenvalue weighted by molar-refractivity contribution is -0.137. The summed E-state index contributed by atoms with van der Waals surface area (Å²) in [4.78, 5) is 28.5. The molecular formula is C22H17ClF3N7O. The van der Waals surface area contributed by atoms with E-state index in [0.29, 0.717) is 17.3 Å². The van der Waals surface area contributed by atoms with Gasteiger partial charge in [-0.25, -0.2) is 19.9 Å². The van der Waals surface area contributed by atoms with Gasteiger partial charge >= 0.3 is 6.18 Å². The Labute approximate surface area is 196 Å². The van der Waals surface area contributed by atoms with Gasteiger partial charge in [0.05, 0.1) is 30.2 Å². The Bertz CT molecular complexity index is 1310. The maximum absolute atomic E-state index is 13.0. The summed E-state index contributed by atoms with van der Waals surface area (Å²) in [6.07, 6.45) is 3.14. The van der Waals surface area contributed by atoms with Crippen LogP contribution in [0.4, 0.5) is 30.6 Å². The van der Waals surface area contributed by atoms with Crippen molar-refractivity contribution in [1.29, 1.82) is 0 Å². The van der Waals surface area contributed by atoms with Gasteiger partial charge in [0.25, 0.3) is 0 Å². The third-order valence-corrected chi connectivity index (χ3v) is 4.98. The summed E-state index contributed by atoms with van der Waals surface area (Å²) < 4.78 is 40.7. The average Bonchev–Trinajstić information content (AvgIpc) is 3.20. The number of hydrogen-bond acceptors (Lipinski definition) is 6. The van der Waals surface area contributed by atoms with E-state index in [1.54, 1.807) is 53.8 Å². The van der Waals surface area contributed by atoms with Crippen LogP contribution in [0.5, 0.6) is 0 Å². The van der Waals surface area contributed by atoms with Crippen molar-refractivity contribution >= 4 is 35.0 Å². The minimum atomic E-state index is -4.67. The first-order valence-electron chi connectivity index (χ1n) is 9.86. The average molecular weight is 488 g/mol. The molecule has 0 unspecified atom stereocenters. The number of aromatic nitrogens is 5. The van der Waals surface area contributed by atoms with Crippen LogP contribution in [0.3, 0.4) is 0 Å². The van der Waals surface area contributed by atoms with Gasteiger partial charge in [-0.05, 0) is 17.2 Å². The van der Waals surface area contributed by atoms with Gasteiger partial charge in [0, 0.05) is 31.2 Å². The minimum Gasteiger partial charge on any atom is -0.338 e. The van der Waals surface area contributed by atoms with E-state index < -0.39 is 22.8 Å². The Kier molecular flexibility index (Phi) is 6.46. The highest BCUT2D eigenvalue weighted by molar-refractivity contribution is 6.30. The fourth-order valence-corrected chi connectivity index (χ4v) is 3.26. The smallest absolute Gasteiger partial charge is 0.338 e. The van der Waals surface area contributed by atoms with Gasteiger partial charge in [0.15, 0.2) is 5.82 Å². The molecule has 0 radical (unpaired) electrons. The highest BCUT2D eigenvalue weighted by Gasteiger charge is 2.34. The van der Waals surface area contributed by atoms with Crippen molar-refractivity contribution in [3.8, 4) is 11.1 Å². The largest absolute Gasteiger partial charge is 0.419 e. The molecule has 174 valence electrons. The van der Waals surface area contributed by atoms with Crippen LogP contribution in [0.2, 0.25) is 5.15 Å². The third-order valence-electron chi connectivity index (χ3n) is 4.68. The first-order valence-corrected chi connectivity index (χ1v) is 10.2. The summed E-state index contributed by atoms with van der Waals surface area (Å²) in [6, 6.07) is 7.85. The molecule has 8 nitrogen and oxygen atoms in total. The van der Waals surface area contributed by atoms with Crippen molar-refractivity contribution in [2.45, 2.75) is 12.6 Å². The van der Waals surface area contributed by atoms with Crippen molar-refractivity contribution < 1.29 is 18.0 Å². The number of nitrogens with zero attached hydrogens (tertiary/aromatic N) is 5. The predicted molar refractivity (Wildman–Crippen MR) is 121 cm³/mol. The van der Waals surface area contributed by atoms with Crippen LogP contribution in [0.25, 0.3) is 11.1 Å². The molecule has 0 aliphatic heterocycles. The second kappa shape index (κ2) is 9.48. The van der Waals surface area contributed by atoms with Gasteiger partial charge in [-0.3, -0.25) is 4.79 Å². The van der Waals surface area contributed by atoms with Crippen molar-refractivity contribution in [2.75, 3.05) is 10.6 Å². The summed E-state index contributed by atoms with van der Waals surface area (Å²) >= 11 is 5.50. The lowest BCUT2D eigenvalue weighted by Gasteiger charge is -2.11. The monoisotopic (exact) mass is 487 g/mol. The van der Waals surface area contributed by atoms with Crippen LogP contribution in [-0.4, -0.2) is 30.4 Å². The quantitative estimate of drug-likeness (QED) is 0.377. The van der Waals surface area contributed by atoms with Crippen molar-refractivity contribution in [3.63, 3.8) is 0 Å². The summed E-state index contributed by atoms with van der Waals surface area (Å²) in [6.45, 7) is 0. The van der Waals surface area contributed by atoms with E-state index in [1.165, 1.54) is 0 Å². The Hall–Kier alpha value is -3.99. The number of halogens is 4. The topological polar surface area (TPSA) is 97.6 Å². The minimum absolute atomic E-state index is 0.0340. The molecule has 0 aliphatic carbocycles. The van der Waals surface area contributed by atoms with Gasteiger partial charge in [-0.15, -0.1) is 0 Å². The Morgan fingerprint density at radius 3 is 2.35 bits per heavy atom. The number of alkyl halides is 3. The number of hydrogen-bond donors (Lipinski definition) is 2. The third kappa shape index (κ3) is 5.67. The second-order valence-corrected chi connectivity index (χ2v) is 7.68. The molecule has 34 heavy (non-hydrogen) atoms. The van der Waals surface area contributed by atoms with Gasteiger partial charge in [0.1, 0.15) is 5.15 Å². The number of pyridine rings is 1. The fraction of sp³-hybridized carbons (Fsp3) is 0.136. The molecule has 0 atom stereocenters. The normalized spacial score (nSPS) is 11.3. The number of nitrogens with one attached hydrogen (secondary N) is 2. The molecule has 4 rings (SSSR count). The Balaban J connectivity index is 1.37. The molecule has 0 spiro atoms. The summed E-state index contributed by atoms with van der Waals surface area (Å²) in [5.74, 6) is 0.543. The summed E-state index contributed by atoms with van der Waals surface area (Å²) in [5.41, 5.74) is 1.09. The van der Waals surface area contributed by atoms with Crippen LogP contribution in [-0.2, 0) is 24.4 Å². The number of anilines is 3. The molecule has 4 aromatic rings. The molecule has 2 N–H and O–H groups in total. The van der Waals surface area contributed by atoms with Crippen molar-refractivity contribution in [1.82, 2.24) is 24.5 Å². The van der Waals surface area contributed by atoms with Crippen LogP contribution >= 0.6 is 11.6 Å². The number of carbonyl (C=O) groups excluding carboxylic acids is 1. The number of benzene rings is 1. The van der Waals surface area contributed by atoms with E-state index >= 15 is 0 Å². The van der Waals surface area contributed by atoms with Gasteiger partial charge in [-0.2, -0.15) is 13.2 Å². The van der Waals surface area contributed by atoms with Crippen LogP contribution in [0.15, 0.2) is 61.4 Å². The molecule has 3 heterocycles. The number of rotatable bonds is 6. The molecule has 1 amide bonds. The summed E-state index contributed by atoms with van der Waals surface area (Å²) in [5, 5.41) is 4.73. The predicted octanol–water partition coefficient (Wildman–Crippen LogP) is 4.87. The Morgan fingerprint density at radius 2 is 1.74 bits per heavy atom. The number of amides is 1. The van der Waals surface area contributed by atoms with E-state index in [0.717, 1.165) is 23.4 Å². The first kappa shape index (κ1) is 23.2. The van der Waals surface area contributed by atoms with E-state index in [1.807, 2.05) is 7.05 Å². The number of imidazole rings is 1. The Morgan fingerprint density at radius 1 is 1.03 bits per heavy atom. The van der Waals surface area contributed by atoms with Gasteiger partial charge in [0.2, 0.25) is 11.9 Å². The van der Waals surface area contributed by atoms with Crippen LogP contribution in [0, 0.1) is 0 Å². The highest BCUT2D eigenvalue weighted by atomic mass is 35.5. The van der Waals surface area contributed by atoms with Crippen molar-refractivity contribution in [2.24, 2.45) is 7.05 Å². The molecule has 12 heteroatoms. The van der Waals surface area contributed by atoms with Crippen molar-refractivity contribution in [3.05, 3.63) is 77.7 Å². The standard InChI is InChI=1S/C22H17ClF3N7O/c1-33-11-18(30-12-33)32-21-28-8-15(9-29-21)14-4-2-13(3-5-14)6-19(34)31-16-7-17(22(24,25)26)20(23)27-10-16/h2-5,7-12H,6H2,1H3,(H,31,34)(H,28,29,32). The maximum Gasteiger partial charge on any atom is 0.419 e. The molecule has 0 aliphatic rings. The lowest BCUT2D eigenvalue weighted by atomic mass is 10.0. The maximum atomic E-state index is 13.0. The molecule has 0 saturated carbocycles. The summed E-state index contributed by atoms with van der Waals surface area (Å²) in [7, 11) is 1.86. The van der Waals surface area contributed by atoms with Gasteiger partial charge < -0.3 is 15.2 Å². The first-order chi connectivity index (χ1) is 16.2. The number of carbonyl (C=O) groups is 1. The molecule has 0 fully saturated rings. The molecule has 1 aromatic carbocycles. The molecule has 0 bridgehead atoms. The van der Waals surface area contributed by atoms with Crippen LogP contribution < -0.4 is 10.6 Å². The van der Waals surface area contributed by atoms with E-state index in [9.17, 15) is 18.0 Å². The van der Waals surface area contributed by atoms with Crippen LogP contribution in [0.1, 0.15) is 11.1 Å².